The Hall–Kier alpha value is -0.830. The summed E-state index contributed by atoms with van der Waals surface area (Å²) in [5.74, 6) is 1.97. The van der Waals surface area contributed by atoms with Gasteiger partial charge >= 0.3 is 0 Å². The average Bonchev–Trinajstić information content (AvgIpc) is 2.74. The summed E-state index contributed by atoms with van der Waals surface area (Å²) in [5.41, 5.74) is 1.45. The van der Waals surface area contributed by atoms with Crippen molar-refractivity contribution < 1.29 is 4.74 Å². The Labute approximate surface area is 90.5 Å². The van der Waals surface area contributed by atoms with Crippen LogP contribution in [0.2, 0.25) is 0 Å². The summed E-state index contributed by atoms with van der Waals surface area (Å²) in [4.78, 5) is 4.63. The van der Waals surface area contributed by atoms with Gasteiger partial charge in [-0.1, -0.05) is 0 Å². The molecule has 3 nitrogen and oxygen atoms in total. The van der Waals surface area contributed by atoms with Crippen molar-refractivity contribution in [3.05, 3.63) is 17.7 Å². The smallest absolute Gasteiger partial charge is 0.112 e. The number of hydrogen-bond acceptors (Lipinski definition) is 2. The van der Waals surface area contributed by atoms with E-state index in [2.05, 4.69) is 15.7 Å². The molecule has 0 radical (unpaired) electrons. The van der Waals surface area contributed by atoms with Crippen LogP contribution >= 0.6 is 0 Å². The number of imidazole rings is 1. The highest BCUT2D eigenvalue weighted by atomic mass is 16.5. The number of fused-ring (bicyclic) bond motifs is 1. The average molecular weight is 206 g/mol. The third kappa shape index (κ3) is 1.69. The molecule has 0 spiro atoms. The fourth-order valence-corrected chi connectivity index (χ4v) is 2.74. The van der Waals surface area contributed by atoms with E-state index in [1.165, 1.54) is 37.3 Å². The van der Waals surface area contributed by atoms with Gasteiger partial charge in [0.25, 0.3) is 0 Å². The van der Waals surface area contributed by atoms with Gasteiger partial charge in [0.15, 0.2) is 0 Å². The lowest BCUT2D eigenvalue weighted by molar-refractivity contribution is 0.0826. The van der Waals surface area contributed by atoms with Crippen LogP contribution in [0.15, 0.2) is 6.20 Å². The summed E-state index contributed by atoms with van der Waals surface area (Å²) >= 11 is 0. The van der Waals surface area contributed by atoms with Crippen molar-refractivity contribution in [2.24, 2.45) is 0 Å². The van der Waals surface area contributed by atoms with Gasteiger partial charge in [-0.25, -0.2) is 4.98 Å². The van der Waals surface area contributed by atoms with E-state index in [9.17, 15) is 0 Å². The molecule has 3 heterocycles. The van der Waals surface area contributed by atoms with Crippen molar-refractivity contribution in [1.29, 1.82) is 0 Å². The van der Waals surface area contributed by atoms with Gasteiger partial charge in [0.05, 0.1) is 0 Å². The minimum atomic E-state index is 0.644. The number of nitrogens with zero attached hydrogens (tertiary/aromatic N) is 2. The Morgan fingerprint density at radius 3 is 3.00 bits per heavy atom. The number of rotatable bonds is 1. The molecule has 0 unspecified atom stereocenters. The lowest BCUT2D eigenvalue weighted by atomic mass is 9.99. The molecule has 1 aromatic rings. The van der Waals surface area contributed by atoms with Crippen LogP contribution in [0.4, 0.5) is 0 Å². The van der Waals surface area contributed by atoms with Gasteiger partial charge in [0, 0.05) is 37.6 Å². The zero-order valence-electron chi connectivity index (χ0n) is 9.11. The van der Waals surface area contributed by atoms with Crippen molar-refractivity contribution in [3.8, 4) is 0 Å². The summed E-state index contributed by atoms with van der Waals surface area (Å²) in [5, 5.41) is 0. The van der Waals surface area contributed by atoms with Gasteiger partial charge in [-0.15, -0.1) is 0 Å². The maximum atomic E-state index is 5.40. The summed E-state index contributed by atoms with van der Waals surface area (Å²) in [7, 11) is 0. The molecule has 82 valence electrons. The quantitative estimate of drug-likeness (QED) is 0.703. The Kier molecular flexibility index (Phi) is 2.49. The molecular weight excluding hydrogens is 188 g/mol. The molecule has 1 saturated heterocycles. The van der Waals surface area contributed by atoms with Gasteiger partial charge in [0.2, 0.25) is 0 Å². The zero-order valence-corrected chi connectivity index (χ0v) is 9.11. The molecule has 0 bridgehead atoms. The third-order valence-corrected chi connectivity index (χ3v) is 3.62. The Morgan fingerprint density at radius 2 is 2.13 bits per heavy atom. The van der Waals surface area contributed by atoms with Gasteiger partial charge in [-0.05, 0) is 32.1 Å². The monoisotopic (exact) mass is 206 g/mol. The van der Waals surface area contributed by atoms with Crippen LogP contribution in [-0.2, 0) is 17.7 Å². The number of ether oxygens (including phenoxy) is 1. The first kappa shape index (κ1) is 9.40. The van der Waals surface area contributed by atoms with E-state index in [-0.39, 0.29) is 0 Å². The Balaban J connectivity index is 1.87. The standard InChI is InChI=1S/C12H18N2O/c1-2-6-14-11(3-1)9-13-12(14)10-4-7-15-8-5-10/h9-10H,1-8H2. The molecule has 0 atom stereocenters. The van der Waals surface area contributed by atoms with E-state index in [1.807, 2.05) is 0 Å². The second-order valence-corrected chi connectivity index (χ2v) is 4.60. The van der Waals surface area contributed by atoms with Gasteiger partial charge in [-0.2, -0.15) is 0 Å². The first-order chi connectivity index (χ1) is 7.45. The molecule has 1 aromatic heterocycles. The van der Waals surface area contributed by atoms with Crippen LogP contribution < -0.4 is 0 Å². The molecule has 0 amide bonds. The van der Waals surface area contributed by atoms with Crippen molar-refractivity contribution in [3.63, 3.8) is 0 Å². The first-order valence-corrected chi connectivity index (χ1v) is 6.07. The maximum Gasteiger partial charge on any atom is 0.112 e. The Bertz CT molecular complexity index is 339. The Morgan fingerprint density at radius 1 is 1.27 bits per heavy atom. The van der Waals surface area contributed by atoms with Gasteiger partial charge < -0.3 is 9.30 Å². The molecule has 0 aliphatic carbocycles. The van der Waals surface area contributed by atoms with Crippen LogP contribution in [0.25, 0.3) is 0 Å². The molecular formula is C12H18N2O. The summed E-state index contributed by atoms with van der Waals surface area (Å²) in [6.07, 6.45) is 8.26. The highest BCUT2D eigenvalue weighted by Gasteiger charge is 2.23. The van der Waals surface area contributed by atoms with E-state index in [4.69, 9.17) is 4.74 Å². The molecule has 0 saturated carbocycles. The molecule has 3 heteroatoms. The van der Waals surface area contributed by atoms with Crippen molar-refractivity contribution in [2.45, 2.75) is 44.6 Å². The second-order valence-electron chi connectivity index (χ2n) is 4.60. The fourth-order valence-electron chi connectivity index (χ4n) is 2.74. The van der Waals surface area contributed by atoms with E-state index < -0.39 is 0 Å². The minimum absolute atomic E-state index is 0.644. The SMILES string of the molecule is c1nc(C2CCOCC2)n2c1CCCC2. The van der Waals surface area contributed by atoms with Crippen LogP contribution in [0.5, 0.6) is 0 Å². The largest absolute Gasteiger partial charge is 0.381 e. The van der Waals surface area contributed by atoms with E-state index >= 15 is 0 Å². The molecule has 15 heavy (non-hydrogen) atoms. The highest BCUT2D eigenvalue weighted by molar-refractivity contribution is 5.11. The molecule has 2 aliphatic rings. The number of aryl methyl sites for hydroxylation is 1. The van der Waals surface area contributed by atoms with Crippen molar-refractivity contribution >= 4 is 0 Å². The minimum Gasteiger partial charge on any atom is -0.381 e. The second kappa shape index (κ2) is 3.97. The van der Waals surface area contributed by atoms with Crippen LogP contribution in [-0.4, -0.2) is 22.8 Å². The van der Waals surface area contributed by atoms with E-state index in [1.54, 1.807) is 0 Å². The molecule has 3 rings (SSSR count). The predicted molar refractivity (Wildman–Crippen MR) is 58.0 cm³/mol. The molecule has 0 N–H and O–H groups in total. The third-order valence-electron chi connectivity index (χ3n) is 3.62. The topological polar surface area (TPSA) is 27.1 Å². The summed E-state index contributed by atoms with van der Waals surface area (Å²) in [6, 6.07) is 0. The first-order valence-electron chi connectivity index (χ1n) is 6.07. The predicted octanol–water partition coefficient (Wildman–Crippen LogP) is 2.11. The number of aromatic nitrogens is 2. The maximum absolute atomic E-state index is 5.40. The normalized spacial score (nSPS) is 22.7. The van der Waals surface area contributed by atoms with Crippen molar-refractivity contribution in [2.75, 3.05) is 13.2 Å². The molecule has 1 fully saturated rings. The van der Waals surface area contributed by atoms with Crippen LogP contribution in [0, 0.1) is 0 Å². The highest BCUT2D eigenvalue weighted by Crippen LogP contribution is 2.28. The fraction of sp³-hybridized carbons (Fsp3) is 0.750. The summed E-state index contributed by atoms with van der Waals surface area (Å²) < 4.78 is 7.86. The molecule has 0 aromatic carbocycles. The van der Waals surface area contributed by atoms with Gasteiger partial charge in [-0.3, -0.25) is 0 Å². The van der Waals surface area contributed by atoms with Crippen LogP contribution in [0.3, 0.4) is 0 Å². The van der Waals surface area contributed by atoms with Gasteiger partial charge in [0.1, 0.15) is 5.82 Å². The lowest BCUT2D eigenvalue weighted by Crippen LogP contribution is -2.20. The van der Waals surface area contributed by atoms with E-state index in [0.29, 0.717) is 5.92 Å². The van der Waals surface area contributed by atoms with Crippen molar-refractivity contribution in [1.82, 2.24) is 9.55 Å². The molecule has 2 aliphatic heterocycles. The lowest BCUT2D eigenvalue weighted by Gasteiger charge is -2.24. The van der Waals surface area contributed by atoms with E-state index in [0.717, 1.165) is 26.1 Å². The summed E-state index contributed by atoms with van der Waals surface area (Å²) in [6.45, 7) is 3.00. The zero-order chi connectivity index (χ0) is 10.1. The van der Waals surface area contributed by atoms with Crippen LogP contribution in [0.1, 0.15) is 43.1 Å². The number of hydrogen-bond donors (Lipinski definition) is 0.